The third kappa shape index (κ3) is 2.28. The third-order valence-electron chi connectivity index (χ3n) is 5.44. The van der Waals surface area contributed by atoms with Crippen LogP contribution in [0.1, 0.15) is 51.4 Å². The molecule has 0 aliphatic heterocycles. The number of hydrogen-bond donors (Lipinski definition) is 0. The van der Waals surface area contributed by atoms with E-state index in [9.17, 15) is 0 Å². The van der Waals surface area contributed by atoms with Gasteiger partial charge in [-0.15, -0.1) is 0 Å². The average molecular weight is 268 g/mol. The summed E-state index contributed by atoms with van der Waals surface area (Å²) in [6.07, 6.45) is 16.0. The van der Waals surface area contributed by atoms with Gasteiger partial charge in [-0.1, -0.05) is 43.9 Å². The molecule has 1 aromatic carbocycles. The molecule has 0 amide bonds. The van der Waals surface area contributed by atoms with Crippen LogP contribution >= 0.6 is 0 Å². The summed E-state index contributed by atoms with van der Waals surface area (Å²) < 4.78 is 5.98. The van der Waals surface area contributed by atoms with Gasteiger partial charge in [-0.25, -0.2) is 0 Å². The molecule has 1 aromatic rings. The summed E-state index contributed by atoms with van der Waals surface area (Å²) in [5.74, 6) is 1.87. The van der Waals surface area contributed by atoms with Crippen LogP contribution in [0.15, 0.2) is 18.2 Å². The summed E-state index contributed by atoms with van der Waals surface area (Å²) in [6, 6.07) is 6.67. The molecular weight excluding hydrogens is 244 g/mol. The number of hydrogen-bond acceptors (Lipinski definition) is 1. The van der Waals surface area contributed by atoms with E-state index in [1.807, 2.05) is 0 Å². The van der Waals surface area contributed by atoms with Crippen molar-refractivity contribution in [3.05, 3.63) is 28.6 Å². The minimum atomic E-state index is 0.368. The first-order valence-corrected chi connectivity index (χ1v) is 8.32. The monoisotopic (exact) mass is 268 g/mol. The van der Waals surface area contributed by atoms with Crippen molar-refractivity contribution < 1.29 is 4.74 Å². The molecule has 2 saturated carbocycles. The zero-order valence-electron chi connectivity index (χ0n) is 12.2. The van der Waals surface area contributed by atoms with Gasteiger partial charge in [0.1, 0.15) is 5.75 Å². The van der Waals surface area contributed by atoms with Gasteiger partial charge >= 0.3 is 0 Å². The highest BCUT2D eigenvalue weighted by Crippen LogP contribution is 2.40. The first kappa shape index (κ1) is 12.5. The highest BCUT2D eigenvalue weighted by Gasteiger charge is 2.29. The maximum atomic E-state index is 5.98. The summed E-state index contributed by atoms with van der Waals surface area (Å²) in [6.45, 7) is 0.910. The van der Waals surface area contributed by atoms with E-state index in [1.165, 1.54) is 61.8 Å². The van der Waals surface area contributed by atoms with Gasteiger partial charge in [-0.3, -0.25) is 0 Å². The van der Waals surface area contributed by atoms with Gasteiger partial charge < -0.3 is 4.74 Å². The summed E-state index contributed by atoms with van der Waals surface area (Å²) in [4.78, 5) is 0. The van der Waals surface area contributed by atoms with Crippen LogP contribution in [0.3, 0.4) is 0 Å². The maximum absolute atomic E-state index is 5.98. The van der Waals surface area contributed by atoms with Crippen molar-refractivity contribution in [1.29, 1.82) is 0 Å². The molecule has 0 N–H and O–H groups in total. The molecule has 0 atom stereocenters. The van der Waals surface area contributed by atoms with E-state index in [2.05, 4.69) is 30.4 Å². The van der Waals surface area contributed by atoms with Crippen molar-refractivity contribution in [2.45, 2.75) is 51.4 Å². The molecule has 1 heteroatoms. The highest BCUT2D eigenvalue weighted by molar-refractivity contribution is 5.58. The van der Waals surface area contributed by atoms with E-state index in [4.69, 9.17) is 4.74 Å². The van der Waals surface area contributed by atoms with Gasteiger partial charge in [0.05, 0.1) is 6.61 Å². The second kappa shape index (κ2) is 4.95. The first-order chi connectivity index (χ1) is 9.83. The van der Waals surface area contributed by atoms with Gasteiger partial charge in [0.25, 0.3) is 0 Å². The molecule has 3 aliphatic carbocycles. The normalized spacial score (nSPS) is 23.6. The van der Waals surface area contributed by atoms with Crippen molar-refractivity contribution in [3.8, 4) is 5.75 Å². The van der Waals surface area contributed by atoms with Crippen molar-refractivity contribution in [2.24, 2.45) is 11.3 Å². The number of ether oxygens (including phenoxy) is 1. The predicted octanol–water partition coefficient (Wildman–Crippen LogP) is 3.39. The molecule has 1 nitrogen and oxygen atoms in total. The molecule has 3 aliphatic rings. The van der Waals surface area contributed by atoms with Crippen molar-refractivity contribution in [2.75, 3.05) is 6.61 Å². The van der Waals surface area contributed by atoms with Crippen molar-refractivity contribution >= 4 is 12.2 Å². The molecule has 0 saturated heterocycles. The topological polar surface area (TPSA) is 9.23 Å². The van der Waals surface area contributed by atoms with Gasteiger partial charge in [0.15, 0.2) is 0 Å². The van der Waals surface area contributed by atoms with Gasteiger partial charge in [-0.2, -0.15) is 0 Å². The average Bonchev–Trinajstić information content (AvgIpc) is 2.74. The van der Waals surface area contributed by atoms with Crippen LogP contribution in [0.4, 0.5) is 0 Å². The van der Waals surface area contributed by atoms with E-state index in [0.29, 0.717) is 5.41 Å². The highest BCUT2D eigenvalue weighted by atomic mass is 16.5. The largest absolute Gasteiger partial charge is 0.493 e. The maximum Gasteiger partial charge on any atom is 0.119 e. The fourth-order valence-electron chi connectivity index (χ4n) is 3.93. The molecule has 0 bridgehead atoms. The minimum absolute atomic E-state index is 0.368. The summed E-state index contributed by atoms with van der Waals surface area (Å²) in [5.41, 5.74) is 0.368. The lowest BCUT2D eigenvalue weighted by Crippen LogP contribution is -2.23. The molecule has 0 heterocycles. The Bertz CT molecular complexity index is 603. The number of fused-ring (bicyclic) bond motifs is 1. The van der Waals surface area contributed by atoms with Crippen LogP contribution in [0.5, 0.6) is 5.75 Å². The molecule has 1 spiro atoms. The lowest BCUT2D eigenvalue weighted by molar-refractivity contribution is 0.180. The Morgan fingerprint density at radius 3 is 2.50 bits per heavy atom. The van der Waals surface area contributed by atoms with E-state index in [0.717, 1.165) is 18.3 Å². The van der Waals surface area contributed by atoms with Crippen LogP contribution in [0.2, 0.25) is 0 Å². The number of benzene rings is 1. The lowest BCUT2D eigenvalue weighted by atomic mass is 9.75. The Kier molecular flexibility index (Phi) is 3.09. The van der Waals surface area contributed by atoms with Crippen LogP contribution in [-0.2, 0) is 0 Å². The fraction of sp³-hybridized carbons (Fsp3) is 0.579. The standard InChI is InChI=1S/C19H24O/c1-2-9-19(10-3-1)12-16-7-8-18(11-17(16)13-19)20-14-15-5-4-6-15/h7-8,11-13,15H,1-6,9-10,14H2. The predicted molar refractivity (Wildman–Crippen MR) is 83.0 cm³/mol. The van der Waals surface area contributed by atoms with Crippen LogP contribution in [-0.4, -0.2) is 6.61 Å². The van der Waals surface area contributed by atoms with Crippen LogP contribution in [0, 0.1) is 11.3 Å². The van der Waals surface area contributed by atoms with Crippen LogP contribution in [0.25, 0.3) is 12.2 Å². The molecule has 20 heavy (non-hydrogen) atoms. The van der Waals surface area contributed by atoms with Crippen molar-refractivity contribution in [3.63, 3.8) is 0 Å². The zero-order chi connectivity index (χ0) is 13.4. The molecule has 0 unspecified atom stereocenters. The Hall–Kier alpha value is -1.24. The Balaban J connectivity index is 1.55. The molecule has 106 valence electrons. The molecule has 0 radical (unpaired) electrons. The summed E-state index contributed by atoms with van der Waals surface area (Å²) in [5, 5.41) is 2.82. The van der Waals surface area contributed by atoms with E-state index in [-0.39, 0.29) is 0 Å². The van der Waals surface area contributed by atoms with E-state index in [1.54, 1.807) is 0 Å². The second-order valence-corrected chi connectivity index (χ2v) is 6.98. The lowest BCUT2D eigenvalue weighted by Gasteiger charge is -2.29. The summed E-state index contributed by atoms with van der Waals surface area (Å²) >= 11 is 0. The Labute approximate surface area is 121 Å². The first-order valence-electron chi connectivity index (χ1n) is 8.32. The molecule has 4 rings (SSSR count). The minimum Gasteiger partial charge on any atom is -0.493 e. The van der Waals surface area contributed by atoms with Gasteiger partial charge in [0.2, 0.25) is 0 Å². The SMILES string of the molecule is C1=c2ccc(OCC3CCC3)cc2=CC12CCCCC2. The zero-order valence-corrected chi connectivity index (χ0v) is 12.2. The van der Waals surface area contributed by atoms with Gasteiger partial charge in [-0.05, 0) is 54.2 Å². The van der Waals surface area contributed by atoms with Gasteiger partial charge in [0, 0.05) is 5.41 Å². The second-order valence-electron chi connectivity index (χ2n) is 6.98. The van der Waals surface area contributed by atoms with E-state index >= 15 is 0 Å². The van der Waals surface area contributed by atoms with Crippen LogP contribution < -0.4 is 15.2 Å². The quantitative estimate of drug-likeness (QED) is 0.816. The summed E-state index contributed by atoms with van der Waals surface area (Å²) in [7, 11) is 0. The number of rotatable bonds is 3. The molecular formula is C19H24O. The fourth-order valence-corrected chi connectivity index (χ4v) is 3.93. The molecule has 2 fully saturated rings. The Morgan fingerprint density at radius 2 is 1.75 bits per heavy atom. The third-order valence-corrected chi connectivity index (χ3v) is 5.44. The molecule has 0 aromatic heterocycles. The van der Waals surface area contributed by atoms with E-state index < -0.39 is 0 Å². The van der Waals surface area contributed by atoms with Crippen molar-refractivity contribution in [1.82, 2.24) is 0 Å². The smallest absolute Gasteiger partial charge is 0.119 e. The Morgan fingerprint density at radius 1 is 0.950 bits per heavy atom.